The van der Waals surface area contributed by atoms with Gasteiger partial charge in [0.25, 0.3) is 0 Å². The molecule has 8 nitrogen and oxygen atoms in total. The highest BCUT2D eigenvalue weighted by Gasteiger charge is 2.26. The van der Waals surface area contributed by atoms with Crippen molar-refractivity contribution in [1.82, 2.24) is 5.32 Å². The molecule has 286 valence electrons. The largest absolute Gasteiger partial charge is 0.472 e. The number of carbonyl (C=O) groups is 1. The zero-order chi connectivity index (χ0) is 36.8. The Hall–Kier alpha value is -2.32. The van der Waals surface area contributed by atoms with Crippen LogP contribution in [-0.4, -0.2) is 47.8 Å². The van der Waals surface area contributed by atoms with Crippen LogP contribution in [0.5, 0.6) is 0 Å². The molecular formula is C41H71N2O6P. The number of nitrogens with two attached hydrogens (primary N) is 1. The van der Waals surface area contributed by atoms with E-state index in [0.717, 1.165) is 70.6 Å². The molecule has 0 fully saturated rings. The van der Waals surface area contributed by atoms with Gasteiger partial charge in [0.1, 0.15) is 0 Å². The van der Waals surface area contributed by atoms with E-state index in [-0.39, 0.29) is 32.1 Å². The van der Waals surface area contributed by atoms with Crippen LogP contribution in [-0.2, 0) is 18.4 Å². The van der Waals surface area contributed by atoms with Gasteiger partial charge in [-0.1, -0.05) is 144 Å². The minimum atomic E-state index is -4.35. The summed E-state index contributed by atoms with van der Waals surface area (Å²) in [5.74, 6) is -0.243. The van der Waals surface area contributed by atoms with Crippen LogP contribution in [0.4, 0.5) is 0 Å². The van der Waals surface area contributed by atoms with Crippen LogP contribution in [0.3, 0.4) is 0 Å². The van der Waals surface area contributed by atoms with E-state index in [0.29, 0.717) is 6.42 Å². The van der Waals surface area contributed by atoms with Crippen LogP contribution in [0.1, 0.15) is 136 Å². The van der Waals surface area contributed by atoms with E-state index in [4.69, 9.17) is 14.8 Å². The highest BCUT2D eigenvalue weighted by atomic mass is 31.2. The van der Waals surface area contributed by atoms with Crippen LogP contribution < -0.4 is 11.1 Å². The molecule has 0 aromatic heterocycles. The Bertz CT molecular complexity index is 1050. The molecule has 0 aromatic rings. The number of nitrogens with one attached hydrogen (secondary N) is 1. The Morgan fingerprint density at radius 1 is 0.680 bits per heavy atom. The molecule has 3 atom stereocenters. The van der Waals surface area contributed by atoms with Gasteiger partial charge in [-0.05, 0) is 70.6 Å². The van der Waals surface area contributed by atoms with Crippen molar-refractivity contribution in [3.8, 4) is 0 Å². The van der Waals surface area contributed by atoms with Crippen molar-refractivity contribution in [2.75, 3.05) is 19.8 Å². The van der Waals surface area contributed by atoms with Crippen molar-refractivity contribution in [2.24, 2.45) is 5.73 Å². The Labute approximate surface area is 305 Å². The first kappa shape index (κ1) is 47.7. The lowest BCUT2D eigenvalue weighted by molar-refractivity contribution is -0.123. The summed E-state index contributed by atoms with van der Waals surface area (Å²) in [5.41, 5.74) is 5.35. The number of rotatable bonds is 34. The topological polar surface area (TPSA) is 131 Å². The maximum atomic E-state index is 12.7. The van der Waals surface area contributed by atoms with Gasteiger partial charge >= 0.3 is 7.82 Å². The van der Waals surface area contributed by atoms with E-state index in [2.05, 4.69) is 92.1 Å². The number of unbranched alkanes of at least 4 members (excludes halogenated alkanes) is 10. The third-order valence-corrected chi connectivity index (χ3v) is 8.71. The predicted octanol–water partition coefficient (Wildman–Crippen LogP) is 10.3. The number of aliphatic hydroxyl groups is 1. The Kier molecular flexibility index (Phi) is 34.8. The fraction of sp³-hybridized carbons (Fsp3) is 0.634. The van der Waals surface area contributed by atoms with Crippen LogP contribution >= 0.6 is 7.82 Å². The SMILES string of the molecule is CC/C=C\C/C=C\C/C=C\C/C=C\C/C=C\C/C=C\CCCCC(=O)NC(COP(=O)(O)OCCN)C(O)/C=C/CCCCCCCCCC. The monoisotopic (exact) mass is 719 g/mol. The Morgan fingerprint density at radius 3 is 1.70 bits per heavy atom. The first-order valence-corrected chi connectivity index (χ1v) is 20.7. The van der Waals surface area contributed by atoms with E-state index >= 15 is 0 Å². The summed E-state index contributed by atoms with van der Waals surface area (Å²) in [6.45, 7) is 3.93. The second-order valence-corrected chi connectivity index (χ2v) is 13.9. The highest BCUT2D eigenvalue weighted by Crippen LogP contribution is 2.43. The first-order chi connectivity index (χ1) is 24.4. The quantitative estimate of drug-likeness (QED) is 0.0296. The molecule has 5 N–H and O–H groups in total. The molecule has 0 saturated carbocycles. The molecule has 0 rings (SSSR count). The van der Waals surface area contributed by atoms with Crippen molar-refractivity contribution in [1.29, 1.82) is 0 Å². The molecule has 0 aliphatic carbocycles. The minimum absolute atomic E-state index is 0.0662. The van der Waals surface area contributed by atoms with Gasteiger partial charge in [0, 0.05) is 13.0 Å². The standard InChI is InChI=1S/C41H71N2O6P/c1-3-5-7-9-11-13-15-16-17-18-19-20-21-22-23-24-25-27-29-31-33-35-41(45)43-39(38-49-50(46,47)48-37-36-42)40(44)34-32-30-28-26-14-12-10-8-6-4-2/h5,7,11,13,16-17,19-20,22-23,25,27,32,34,39-40,44H,3-4,6,8-10,12,14-15,18,21,24,26,28-31,33,35-38,42H2,1-2H3,(H,43,45)(H,46,47)/b7-5-,13-11-,17-16-,20-19-,23-22-,27-25-,34-32+. The normalized spacial score (nSPS) is 15.2. The molecular weight excluding hydrogens is 647 g/mol. The van der Waals surface area contributed by atoms with E-state index in [1.54, 1.807) is 6.08 Å². The Morgan fingerprint density at radius 2 is 1.16 bits per heavy atom. The zero-order valence-corrected chi connectivity index (χ0v) is 32.2. The lowest BCUT2D eigenvalue weighted by atomic mass is 10.1. The molecule has 3 unspecified atom stereocenters. The molecule has 1 amide bonds. The van der Waals surface area contributed by atoms with E-state index < -0.39 is 20.0 Å². The number of amides is 1. The Balaban J connectivity index is 4.37. The second kappa shape index (κ2) is 36.5. The number of aliphatic hydroxyl groups excluding tert-OH is 1. The van der Waals surface area contributed by atoms with Gasteiger partial charge in [-0.15, -0.1) is 0 Å². The lowest BCUT2D eigenvalue weighted by Gasteiger charge is -2.23. The molecule has 0 radical (unpaired) electrons. The maximum Gasteiger partial charge on any atom is 0.472 e. The number of phosphoric ester groups is 1. The summed E-state index contributed by atoms with van der Waals surface area (Å²) in [6.07, 6.45) is 47.8. The number of hydrogen-bond acceptors (Lipinski definition) is 6. The molecule has 0 aliphatic rings. The highest BCUT2D eigenvalue weighted by molar-refractivity contribution is 7.47. The zero-order valence-electron chi connectivity index (χ0n) is 31.3. The summed E-state index contributed by atoms with van der Waals surface area (Å²) in [4.78, 5) is 22.6. The average Bonchev–Trinajstić information content (AvgIpc) is 3.10. The lowest BCUT2D eigenvalue weighted by Crippen LogP contribution is -2.45. The summed E-state index contributed by atoms with van der Waals surface area (Å²) in [6, 6.07) is -0.886. The fourth-order valence-electron chi connectivity index (χ4n) is 4.84. The number of hydrogen-bond donors (Lipinski definition) is 4. The molecule has 0 heterocycles. The minimum Gasteiger partial charge on any atom is -0.387 e. The fourth-order valence-corrected chi connectivity index (χ4v) is 5.60. The summed E-state index contributed by atoms with van der Waals surface area (Å²) < 4.78 is 22.0. The number of phosphoric acid groups is 1. The second-order valence-electron chi connectivity index (χ2n) is 12.4. The van der Waals surface area contributed by atoms with Gasteiger partial charge in [0.2, 0.25) is 5.91 Å². The van der Waals surface area contributed by atoms with Crippen molar-refractivity contribution < 1.29 is 28.4 Å². The molecule has 0 aliphatic heterocycles. The predicted molar refractivity (Wildman–Crippen MR) is 212 cm³/mol. The van der Waals surface area contributed by atoms with Crippen molar-refractivity contribution in [3.05, 3.63) is 85.1 Å². The third-order valence-electron chi connectivity index (χ3n) is 7.73. The van der Waals surface area contributed by atoms with Crippen LogP contribution in [0.25, 0.3) is 0 Å². The van der Waals surface area contributed by atoms with Crippen LogP contribution in [0.2, 0.25) is 0 Å². The van der Waals surface area contributed by atoms with Crippen molar-refractivity contribution in [2.45, 2.75) is 148 Å². The van der Waals surface area contributed by atoms with E-state index in [9.17, 15) is 19.4 Å². The molecule has 50 heavy (non-hydrogen) atoms. The van der Waals surface area contributed by atoms with E-state index in [1.165, 1.54) is 38.5 Å². The van der Waals surface area contributed by atoms with Crippen LogP contribution in [0, 0.1) is 0 Å². The third kappa shape index (κ3) is 34.1. The molecule has 9 heteroatoms. The number of allylic oxidation sites excluding steroid dienone is 13. The first-order valence-electron chi connectivity index (χ1n) is 19.2. The smallest absolute Gasteiger partial charge is 0.387 e. The summed E-state index contributed by atoms with van der Waals surface area (Å²) in [5, 5.41) is 13.5. The van der Waals surface area contributed by atoms with E-state index in [1.807, 2.05) is 6.08 Å². The van der Waals surface area contributed by atoms with Gasteiger partial charge in [-0.3, -0.25) is 13.8 Å². The van der Waals surface area contributed by atoms with Gasteiger partial charge in [0.15, 0.2) is 0 Å². The van der Waals surface area contributed by atoms with Gasteiger partial charge in [0.05, 0.1) is 25.4 Å². The molecule has 0 aromatic carbocycles. The van der Waals surface area contributed by atoms with Gasteiger partial charge in [-0.25, -0.2) is 4.57 Å². The maximum absolute atomic E-state index is 12.7. The van der Waals surface area contributed by atoms with Gasteiger partial charge < -0.3 is 21.1 Å². The number of carbonyl (C=O) groups excluding carboxylic acids is 1. The summed E-state index contributed by atoms with van der Waals surface area (Å²) in [7, 11) is -4.35. The van der Waals surface area contributed by atoms with Crippen LogP contribution in [0.15, 0.2) is 85.1 Å². The van der Waals surface area contributed by atoms with Crippen molar-refractivity contribution in [3.63, 3.8) is 0 Å². The molecule has 0 bridgehead atoms. The van der Waals surface area contributed by atoms with Crippen molar-refractivity contribution >= 4 is 13.7 Å². The average molecular weight is 719 g/mol. The summed E-state index contributed by atoms with van der Waals surface area (Å²) >= 11 is 0. The molecule has 0 saturated heterocycles. The van der Waals surface area contributed by atoms with Gasteiger partial charge in [-0.2, -0.15) is 0 Å². The molecule has 0 spiro atoms.